The van der Waals surface area contributed by atoms with Gasteiger partial charge in [0.25, 0.3) is 0 Å². The van der Waals surface area contributed by atoms with Crippen molar-refractivity contribution < 1.29 is 21.3 Å². The van der Waals surface area contributed by atoms with Gasteiger partial charge in [0, 0.05) is 0 Å². The van der Waals surface area contributed by atoms with Gasteiger partial charge in [0.1, 0.15) is 0 Å². The zero-order valence-corrected chi connectivity index (χ0v) is 34.7. The van der Waals surface area contributed by atoms with Crippen molar-refractivity contribution in [3.05, 3.63) is 121 Å². The van der Waals surface area contributed by atoms with Crippen LogP contribution in [0, 0.1) is 25.2 Å². The van der Waals surface area contributed by atoms with E-state index in [4.69, 9.17) is 0 Å². The summed E-state index contributed by atoms with van der Waals surface area (Å²) in [5.41, 5.74) is 15.8. The number of allylic oxidation sites excluding steroid dienone is 4. The van der Waals surface area contributed by atoms with Crippen molar-refractivity contribution in [3.8, 4) is 11.1 Å². The van der Waals surface area contributed by atoms with Crippen LogP contribution in [0.5, 0.6) is 0 Å². The Morgan fingerprint density at radius 1 is 0.776 bits per heavy atom. The van der Waals surface area contributed by atoms with Crippen LogP contribution in [0.15, 0.2) is 81.7 Å². The number of hydrogen-bond acceptors (Lipinski definition) is 0. The minimum atomic E-state index is -2.74. The van der Waals surface area contributed by atoms with Crippen LogP contribution < -0.4 is 3.27 Å². The van der Waals surface area contributed by atoms with Crippen LogP contribution in [0.2, 0.25) is 0 Å². The number of hydrogen-bond donors (Lipinski definition) is 0. The van der Waals surface area contributed by atoms with Gasteiger partial charge in [-0.2, -0.15) is 0 Å². The van der Waals surface area contributed by atoms with E-state index in [0.29, 0.717) is 11.3 Å². The predicted octanol–water partition coefficient (Wildman–Crippen LogP) is 12.5. The van der Waals surface area contributed by atoms with Crippen LogP contribution >= 0.6 is 0 Å². The average Bonchev–Trinajstić information content (AvgIpc) is 3.60. The topological polar surface area (TPSA) is 0 Å². The standard InChI is InChI=1S/C23H29.C13H19.C12H10.Zr/c1-14-9-16-11-17-10-15(2)21(23(6,7)8)13-19(17)18(16)12-20(14)22(3,4)5;1-11-6-7-12(10-11)13(2)8-4-3-5-9-13;1-2-10-7-8-11-5-3-4-6-12(11)9-10;/h9,12-13H,11H2,1-8H3;7,10-11H,3-5,8-9H2,1-2H3;3-9H,1H3;. The normalized spacial score (nSPS) is 19.4. The molecule has 3 aliphatic rings. The van der Waals surface area contributed by atoms with Crippen molar-refractivity contribution in [1.82, 2.24) is 0 Å². The molecule has 1 fully saturated rings. The molecule has 0 heterocycles. The monoisotopic (exact) mass is 724 g/mol. The molecule has 1 atom stereocenters. The summed E-state index contributed by atoms with van der Waals surface area (Å²) in [4.78, 5) is 0. The summed E-state index contributed by atoms with van der Waals surface area (Å²) in [6.45, 7) is 26.9. The number of fused-ring (bicyclic) bond motifs is 4. The Labute approximate surface area is 305 Å². The Balaban J connectivity index is 1.54. The Hall–Kier alpha value is -2.63. The molecule has 254 valence electrons. The molecular formula is C48H58Zr. The maximum absolute atomic E-state index is 2.77. The summed E-state index contributed by atoms with van der Waals surface area (Å²) in [5, 5.41) is 2.69. The molecule has 1 saturated carbocycles. The third-order valence-corrected chi connectivity index (χ3v) is 20.7. The van der Waals surface area contributed by atoms with Crippen LogP contribution in [0.3, 0.4) is 0 Å². The molecule has 0 spiro atoms. The predicted molar refractivity (Wildman–Crippen MR) is 211 cm³/mol. The van der Waals surface area contributed by atoms with Crippen molar-refractivity contribution >= 4 is 17.2 Å². The molecule has 4 aromatic carbocycles. The number of benzene rings is 4. The summed E-state index contributed by atoms with van der Waals surface area (Å²) in [6, 6.07) is 23.9. The fourth-order valence-electron chi connectivity index (χ4n) is 9.66. The molecule has 0 N–H and O–H groups in total. The SMILES string of the molecule is C/[C](c1ccc2ccccc2c1)=[Zr](\[C]1=CC(C2(C)CCCCC2)=CC1C)[c]1c(C)c(C(C)(C)C)cc2c1Cc1cc(C)c(C(C)(C)C)cc1-2. The van der Waals surface area contributed by atoms with Crippen LogP contribution in [0.4, 0.5) is 0 Å². The second-order valence-electron chi connectivity index (χ2n) is 18.1. The van der Waals surface area contributed by atoms with Crippen LogP contribution in [-0.2, 0) is 38.5 Å². The van der Waals surface area contributed by atoms with Gasteiger partial charge in [0.15, 0.2) is 0 Å². The van der Waals surface area contributed by atoms with E-state index in [1.807, 2.05) is 0 Å². The fraction of sp³-hybridized carbons (Fsp3) is 0.438. The van der Waals surface area contributed by atoms with Crippen molar-refractivity contribution in [2.24, 2.45) is 11.3 Å². The molecule has 0 aliphatic heterocycles. The Morgan fingerprint density at radius 3 is 2.10 bits per heavy atom. The molecule has 0 amide bonds. The van der Waals surface area contributed by atoms with E-state index in [1.54, 1.807) is 26.5 Å². The van der Waals surface area contributed by atoms with E-state index in [2.05, 4.69) is 149 Å². The van der Waals surface area contributed by atoms with E-state index < -0.39 is 21.3 Å². The van der Waals surface area contributed by atoms with E-state index in [-0.39, 0.29) is 10.8 Å². The molecule has 7 rings (SSSR count). The second kappa shape index (κ2) is 12.5. The van der Waals surface area contributed by atoms with Crippen LogP contribution in [0.25, 0.3) is 21.9 Å². The van der Waals surface area contributed by atoms with Gasteiger partial charge in [-0.3, -0.25) is 0 Å². The zero-order valence-electron chi connectivity index (χ0n) is 32.2. The number of aryl methyl sites for hydroxylation is 1. The quantitative estimate of drug-likeness (QED) is 0.173. The zero-order chi connectivity index (χ0) is 35.0. The van der Waals surface area contributed by atoms with Crippen LogP contribution in [0.1, 0.15) is 133 Å². The third kappa shape index (κ3) is 6.20. The molecule has 1 unspecified atom stereocenters. The van der Waals surface area contributed by atoms with Gasteiger partial charge in [0.05, 0.1) is 0 Å². The average molecular weight is 726 g/mol. The first-order valence-electron chi connectivity index (χ1n) is 19.0. The third-order valence-electron chi connectivity index (χ3n) is 12.4. The Morgan fingerprint density at radius 2 is 1.43 bits per heavy atom. The van der Waals surface area contributed by atoms with E-state index in [1.165, 1.54) is 81.8 Å². The minimum absolute atomic E-state index is 0.0634. The summed E-state index contributed by atoms with van der Waals surface area (Å²) in [6.07, 6.45) is 13.3. The molecule has 0 aromatic heterocycles. The van der Waals surface area contributed by atoms with E-state index in [9.17, 15) is 0 Å². The molecule has 0 bridgehead atoms. The van der Waals surface area contributed by atoms with E-state index in [0.717, 1.165) is 6.42 Å². The second-order valence-corrected chi connectivity index (χ2v) is 24.5. The van der Waals surface area contributed by atoms with Gasteiger partial charge < -0.3 is 0 Å². The first kappa shape index (κ1) is 34.8. The van der Waals surface area contributed by atoms with Gasteiger partial charge in [-0.05, 0) is 0 Å². The summed E-state index contributed by atoms with van der Waals surface area (Å²) >= 11 is -2.74. The Kier molecular flexibility index (Phi) is 8.91. The summed E-state index contributed by atoms with van der Waals surface area (Å²) in [7, 11) is 0. The molecule has 3 aliphatic carbocycles. The molecule has 0 saturated heterocycles. The summed E-state index contributed by atoms with van der Waals surface area (Å²) < 4.78 is 5.23. The molecule has 0 nitrogen and oxygen atoms in total. The van der Waals surface area contributed by atoms with Gasteiger partial charge in [-0.15, -0.1) is 0 Å². The molecular weight excluding hydrogens is 668 g/mol. The van der Waals surface area contributed by atoms with Crippen molar-refractivity contribution in [2.45, 2.75) is 126 Å². The molecule has 49 heavy (non-hydrogen) atoms. The summed E-state index contributed by atoms with van der Waals surface area (Å²) in [5.74, 6) is 0.491. The molecule has 4 aromatic rings. The van der Waals surface area contributed by atoms with Gasteiger partial charge in [0.2, 0.25) is 0 Å². The first-order valence-corrected chi connectivity index (χ1v) is 22.7. The van der Waals surface area contributed by atoms with Crippen LogP contribution in [-0.4, -0.2) is 3.21 Å². The van der Waals surface area contributed by atoms with Gasteiger partial charge >= 0.3 is 307 Å². The fourth-order valence-corrected chi connectivity index (χ4v) is 18.0. The maximum atomic E-state index is 2.77. The van der Waals surface area contributed by atoms with Gasteiger partial charge in [-0.1, -0.05) is 0 Å². The first-order chi connectivity index (χ1) is 23.1. The Bertz CT molecular complexity index is 2070. The van der Waals surface area contributed by atoms with Crippen molar-refractivity contribution in [1.29, 1.82) is 0 Å². The van der Waals surface area contributed by atoms with Gasteiger partial charge in [-0.25, -0.2) is 0 Å². The van der Waals surface area contributed by atoms with E-state index >= 15 is 0 Å². The van der Waals surface area contributed by atoms with Crippen molar-refractivity contribution in [3.63, 3.8) is 0 Å². The molecule has 0 radical (unpaired) electrons. The van der Waals surface area contributed by atoms with Crippen molar-refractivity contribution in [2.75, 3.05) is 0 Å². The molecule has 1 heteroatoms. The number of rotatable bonds is 4.